The van der Waals surface area contributed by atoms with Gasteiger partial charge in [-0.2, -0.15) is 8.42 Å². The van der Waals surface area contributed by atoms with Crippen LogP contribution in [-0.4, -0.2) is 32.9 Å². The van der Waals surface area contributed by atoms with Crippen LogP contribution in [0.3, 0.4) is 0 Å². The molecule has 2 aliphatic rings. The summed E-state index contributed by atoms with van der Waals surface area (Å²) in [6.07, 6.45) is 5.91. The molecule has 3 aromatic heterocycles. The third-order valence-electron chi connectivity index (χ3n) is 5.63. The van der Waals surface area contributed by atoms with Crippen molar-refractivity contribution in [3.63, 3.8) is 0 Å². The minimum atomic E-state index is -4.26. The Morgan fingerprint density at radius 3 is 1.71 bits per heavy atom. The zero-order chi connectivity index (χ0) is 23.3. The molecule has 6 rings (SSSR count). The Morgan fingerprint density at radius 2 is 1.17 bits per heavy atom. The van der Waals surface area contributed by atoms with Gasteiger partial charge in [-0.3, -0.25) is 4.55 Å². The fourth-order valence-electron chi connectivity index (χ4n) is 4.05. The Hall–Kier alpha value is -3.65. The predicted octanol–water partition coefficient (Wildman–Crippen LogP) is 5.32. The molecule has 0 fully saturated rings. The van der Waals surface area contributed by atoms with Crippen LogP contribution in [0.2, 0.25) is 0 Å². The summed E-state index contributed by atoms with van der Waals surface area (Å²) in [4.78, 5) is 16.1. The zero-order valence-corrected chi connectivity index (χ0v) is 22.2. The summed E-state index contributed by atoms with van der Waals surface area (Å²) < 4.78 is 32.2. The number of nitrogens with zero attached hydrogens (tertiary/aromatic N) is 2. The zero-order valence-electron chi connectivity index (χ0n) is 18.4. The molecular weight excluding hydrogens is 514 g/mol. The van der Waals surface area contributed by atoms with E-state index in [0.29, 0.717) is 0 Å². The second-order valence-corrected chi connectivity index (χ2v) is 9.51. The van der Waals surface area contributed by atoms with E-state index in [9.17, 15) is 13.0 Å². The first kappa shape index (κ1) is 23.1. The molecule has 0 unspecified atom stereocenters. The molecular formula is C26H18N4O3SZn. The Balaban J connectivity index is 0.00000253. The van der Waals surface area contributed by atoms with Crippen LogP contribution >= 0.6 is 0 Å². The molecule has 2 aliphatic heterocycles. The van der Waals surface area contributed by atoms with E-state index in [-0.39, 0.29) is 24.4 Å². The van der Waals surface area contributed by atoms with Gasteiger partial charge in [0.05, 0.1) is 27.7 Å². The van der Waals surface area contributed by atoms with Crippen molar-refractivity contribution >= 4 is 56.0 Å². The minimum Gasteiger partial charge on any atom is -0.355 e. The maximum Gasteiger partial charge on any atom is 0.294 e. The van der Waals surface area contributed by atoms with Crippen molar-refractivity contribution < 1.29 is 32.4 Å². The molecule has 5 heterocycles. The van der Waals surface area contributed by atoms with Crippen LogP contribution in [0.1, 0.15) is 28.3 Å². The van der Waals surface area contributed by atoms with Gasteiger partial charge < -0.3 is 9.97 Å². The van der Waals surface area contributed by atoms with E-state index in [4.69, 9.17) is 4.98 Å². The number of fused-ring (bicyclic) bond motifs is 8. The third-order valence-corrected chi connectivity index (χ3v) is 6.50. The first-order valence-electron chi connectivity index (χ1n) is 10.6. The quantitative estimate of drug-likeness (QED) is 0.207. The summed E-state index contributed by atoms with van der Waals surface area (Å²) in [5, 5.41) is 0. The maximum absolute atomic E-state index is 11.4. The molecule has 1 aromatic carbocycles. The number of benzene rings is 1. The van der Waals surface area contributed by atoms with Gasteiger partial charge in [-0.1, -0.05) is 12.1 Å². The average molecular weight is 532 g/mol. The number of H-pyrrole nitrogens is 2. The molecule has 0 radical (unpaired) electrons. The van der Waals surface area contributed by atoms with Crippen LogP contribution < -0.4 is 0 Å². The SMILES string of the molecule is O=S(=O)(O)c1ccc(C2=Cc3cc4ccc(cc5nc(cc6ccc(cc2n3)[nH]6)C=C5)[nH]4)cc1.[Zn]. The summed E-state index contributed by atoms with van der Waals surface area (Å²) in [7, 11) is -4.26. The van der Waals surface area contributed by atoms with Crippen molar-refractivity contribution in [3.05, 3.63) is 101 Å². The molecule has 0 saturated heterocycles. The molecule has 35 heavy (non-hydrogen) atoms. The number of aromatic nitrogens is 4. The van der Waals surface area contributed by atoms with E-state index in [0.717, 1.165) is 56.0 Å². The smallest absolute Gasteiger partial charge is 0.294 e. The summed E-state index contributed by atoms with van der Waals surface area (Å²) >= 11 is 0. The Labute approximate surface area is 213 Å². The molecule has 0 atom stereocenters. The normalized spacial score (nSPS) is 12.8. The standard InChI is InChI=1S/C26H18N4O3S.Zn/c31-34(32,33)24-9-1-16(2-10-24)25-14-23-13-21-6-5-19(28-21)11-17-3-4-18(27-17)12-20-7-8-22(29-20)15-26(25)30-23;/h1-15,28-29H,(H,31,32,33);. The van der Waals surface area contributed by atoms with Gasteiger partial charge >= 0.3 is 0 Å². The average Bonchev–Trinajstić information content (AvgIpc) is 3.58. The second-order valence-electron chi connectivity index (χ2n) is 8.09. The Morgan fingerprint density at radius 1 is 0.657 bits per heavy atom. The molecule has 0 spiro atoms. The van der Waals surface area contributed by atoms with Crippen molar-refractivity contribution in [2.45, 2.75) is 4.90 Å². The predicted molar refractivity (Wildman–Crippen MR) is 133 cm³/mol. The molecule has 3 N–H and O–H groups in total. The van der Waals surface area contributed by atoms with Crippen molar-refractivity contribution in [1.82, 2.24) is 19.9 Å². The van der Waals surface area contributed by atoms with Crippen LogP contribution in [0.5, 0.6) is 0 Å². The maximum atomic E-state index is 11.4. The van der Waals surface area contributed by atoms with Gasteiger partial charge in [0, 0.05) is 47.1 Å². The molecule has 8 bridgehead atoms. The number of rotatable bonds is 2. The molecule has 7 nitrogen and oxygen atoms in total. The summed E-state index contributed by atoms with van der Waals surface area (Å²) in [6, 6.07) is 21.9. The molecule has 4 aromatic rings. The van der Waals surface area contributed by atoms with Gasteiger partial charge in [-0.15, -0.1) is 0 Å². The van der Waals surface area contributed by atoms with Crippen LogP contribution in [0, 0.1) is 0 Å². The van der Waals surface area contributed by atoms with Gasteiger partial charge in [0.1, 0.15) is 0 Å². The number of hydrogen-bond donors (Lipinski definition) is 3. The fraction of sp³-hybridized carbons (Fsp3) is 0. The topological polar surface area (TPSA) is 112 Å². The molecule has 9 heteroatoms. The van der Waals surface area contributed by atoms with E-state index in [1.165, 1.54) is 12.1 Å². The van der Waals surface area contributed by atoms with Crippen molar-refractivity contribution in [2.24, 2.45) is 0 Å². The Bertz CT molecular complexity index is 1780. The van der Waals surface area contributed by atoms with Gasteiger partial charge in [0.15, 0.2) is 0 Å². The van der Waals surface area contributed by atoms with Crippen molar-refractivity contribution in [2.75, 3.05) is 0 Å². The molecule has 0 amide bonds. The van der Waals surface area contributed by atoms with E-state index in [2.05, 4.69) is 15.0 Å². The number of aromatic amines is 2. The summed E-state index contributed by atoms with van der Waals surface area (Å²) in [5.41, 5.74) is 8.48. The first-order chi connectivity index (χ1) is 16.4. The van der Waals surface area contributed by atoms with E-state index in [1.54, 1.807) is 12.1 Å². The third kappa shape index (κ3) is 4.79. The molecule has 0 saturated carbocycles. The van der Waals surface area contributed by atoms with E-state index >= 15 is 0 Å². The second kappa shape index (κ2) is 8.85. The van der Waals surface area contributed by atoms with Gasteiger partial charge in [0.25, 0.3) is 10.1 Å². The summed E-state index contributed by atoms with van der Waals surface area (Å²) in [6.45, 7) is 0. The van der Waals surface area contributed by atoms with Gasteiger partial charge in [-0.05, 0) is 84.5 Å². The number of hydrogen-bond acceptors (Lipinski definition) is 4. The van der Waals surface area contributed by atoms with Gasteiger partial charge in [0.2, 0.25) is 0 Å². The van der Waals surface area contributed by atoms with Crippen LogP contribution in [-0.2, 0) is 29.6 Å². The van der Waals surface area contributed by atoms with Crippen molar-refractivity contribution in [1.29, 1.82) is 0 Å². The van der Waals surface area contributed by atoms with E-state index < -0.39 is 10.1 Å². The van der Waals surface area contributed by atoms with Gasteiger partial charge in [-0.25, -0.2) is 9.97 Å². The molecule has 168 valence electrons. The fourth-order valence-corrected chi connectivity index (χ4v) is 4.53. The Kier molecular flexibility index (Phi) is 5.85. The number of nitrogens with one attached hydrogen (secondary N) is 2. The minimum absolute atomic E-state index is 0. The van der Waals surface area contributed by atoms with Crippen LogP contribution in [0.4, 0.5) is 0 Å². The monoisotopic (exact) mass is 530 g/mol. The van der Waals surface area contributed by atoms with Crippen LogP contribution in [0.25, 0.3) is 45.9 Å². The van der Waals surface area contributed by atoms with E-state index in [1.807, 2.05) is 66.8 Å². The molecule has 0 aliphatic carbocycles. The largest absolute Gasteiger partial charge is 0.355 e. The first-order valence-corrected chi connectivity index (χ1v) is 12.0. The van der Waals surface area contributed by atoms with Crippen molar-refractivity contribution in [3.8, 4) is 0 Å². The van der Waals surface area contributed by atoms with Crippen LogP contribution in [0.15, 0.2) is 77.7 Å². The summed E-state index contributed by atoms with van der Waals surface area (Å²) in [5.74, 6) is 0.